The minimum atomic E-state index is -0.224. The van der Waals surface area contributed by atoms with Crippen molar-refractivity contribution in [2.75, 3.05) is 20.8 Å². The molecule has 0 aliphatic carbocycles. The number of methoxy groups -OCH3 is 2. The van der Waals surface area contributed by atoms with Gasteiger partial charge in [-0.15, -0.1) is 16.4 Å². The van der Waals surface area contributed by atoms with E-state index in [1.807, 2.05) is 34.2 Å². The van der Waals surface area contributed by atoms with Crippen LogP contribution in [0.2, 0.25) is 5.02 Å². The van der Waals surface area contributed by atoms with Gasteiger partial charge in [-0.25, -0.2) is 4.52 Å². The molecule has 0 saturated carbocycles. The van der Waals surface area contributed by atoms with Crippen LogP contribution in [-0.2, 0) is 6.42 Å². The molecule has 0 unspecified atom stereocenters. The Kier molecular flexibility index (Phi) is 5.87. The molecule has 1 N–H and O–H groups in total. The van der Waals surface area contributed by atoms with Gasteiger partial charge in [-0.3, -0.25) is 4.79 Å². The second kappa shape index (κ2) is 8.73. The molecule has 4 rings (SSSR count). The Morgan fingerprint density at radius 3 is 2.70 bits per heavy atom. The Balaban J connectivity index is 1.45. The molecule has 7 nitrogen and oxygen atoms in total. The highest BCUT2D eigenvalue weighted by atomic mass is 35.5. The lowest BCUT2D eigenvalue weighted by Gasteiger charge is -2.12. The van der Waals surface area contributed by atoms with E-state index in [4.69, 9.17) is 21.1 Å². The summed E-state index contributed by atoms with van der Waals surface area (Å²) in [7, 11) is 3.05. The van der Waals surface area contributed by atoms with Crippen molar-refractivity contribution in [1.82, 2.24) is 19.9 Å². The van der Waals surface area contributed by atoms with Gasteiger partial charge in [-0.2, -0.15) is 4.98 Å². The summed E-state index contributed by atoms with van der Waals surface area (Å²) in [5.41, 5.74) is 2.30. The van der Waals surface area contributed by atoms with Crippen LogP contribution >= 0.6 is 22.9 Å². The number of rotatable bonds is 7. The molecule has 1 amide bonds. The molecule has 0 aliphatic rings. The van der Waals surface area contributed by atoms with Crippen molar-refractivity contribution in [3.05, 3.63) is 64.1 Å². The number of hydrogen-bond acceptors (Lipinski definition) is 6. The van der Waals surface area contributed by atoms with E-state index in [1.165, 1.54) is 25.6 Å². The normalized spacial score (nSPS) is 10.9. The van der Waals surface area contributed by atoms with Crippen LogP contribution in [0.4, 0.5) is 0 Å². The Morgan fingerprint density at radius 1 is 1.17 bits per heavy atom. The highest BCUT2D eigenvalue weighted by Crippen LogP contribution is 2.30. The van der Waals surface area contributed by atoms with Crippen LogP contribution in [0.1, 0.15) is 16.1 Å². The van der Waals surface area contributed by atoms with Gasteiger partial charge in [0.1, 0.15) is 0 Å². The van der Waals surface area contributed by atoms with Gasteiger partial charge in [0.2, 0.25) is 4.96 Å². The van der Waals surface area contributed by atoms with Crippen LogP contribution in [0.25, 0.3) is 16.3 Å². The third-order valence-corrected chi connectivity index (χ3v) is 5.68. The van der Waals surface area contributed by atoms with Crippen molar-refractivity contribution in [3.63, 3.8) is 0 Å². The number of fused-ring (bicyclic) bond motifs is 1. The van der Waals surface area contributed by atoms with Crippen molar-refractivity contribution < 1.29 is 14.3 Å². The van der Waals surface area contributed by atoms with Gasteiger partial charge < -0.3 is 14.8 Å². The van der Waals surface area contributed by atoms with Gasteiger partial charge in [0.15, 0.2) is 17.3 Å². The summed E-state index contributed by atoms with van der Waals surface area (Å²) in [6, 6.07) is 12.6. The maximum absolute atomic E-state index is 12.6. The fraction of sp³-hybridized carbons (Fsp3) is 0.190. The Labute approximate surface area is 182 Å². The monoisotopic (exact) mass is 442 g/mol. The fourth-order valence-corrected chi connectivity index (χ4v) is 4.07. The second-order valence-corrected chi connectivity index (χ2v) is 7.68. The molecule has 2 aromatic carbocycles. The number of amides is 1. The maximum Gasteiger partial charge on any atom is 0.255 e. The molecular formula is C21H19ClN4O3S. The van der Waals surface area contributed by atoms with E-state index in [1.54, 1.807) is 18.2 Å². The first kappa shape index (κ1) is 20.2. The summed E-state index contributed by atoms with van der Waals surface area (Å²) in [4.78, 5) is 18.0. The Morgan fingerprint density at radius 2 is 1.97 bits per heavy atom. The number of benzene rings is 2. The molecule has 0 spiro atoms. The average Bonchev–Trinajstić information content (AvgIpc) is 3.35. The number of carbonyl (C=O) groups is 1. The number of aromatic nitrogens is 3. The first-order valence-corrected chi connectivity index (χ1v) is 10.4. The van der Waals surface area contributed by atoms with E-state index in [0.29, 0.717) is 40.9 Å². The van der Waals surface area contributed by atoms with Crippen LogP contribution in [0.3, 0.4) is 0 Å². The zero-order valence-electron chi connectivity index (χ0n) is 16.4. The van der Waals surface area contributed by atoms with Crippen molar-refractivity contribution in [1.29, 1.82) is 0 Å². The highest BCUT2D eigenvalue weighted by molar-refractivity contribution is 7.15. The molecule has 9 heteroatoms. The lowest BCUT2D eigenvalue weighted by atomic mass is 10.1. The molecule has 0 bridgehead atoms. The predicted molar refractivity (Wildman–Crippen MR) is 117 cm³/mol. The van der Waals surface area contributed by atoms with Crippen molar-refractivity contribution in [2.45, 2.75) is 6.42 Å². The number of thiazole rings is 1. The molecule has 2 heterocycles. The number of nitrogens with zero attached hydrogens (tertiary/aromatic N) is 3. The fourth-order valence-electron chi connectivity index (χ4n) is 3.08. The number of nitrogens with one attached hydrogen (secondary N) is 1. The van der Waals surface area contributed by atoms with Crippen molar-refractivity contribution in [3.8, 4) is 22.9 Å². The van der Waals surface area contributed by atoms with Crippen LogP contribution in [-0.4, -0.2) is 41.3 Å². The first-order chi connectivity index (χ1) is 14.6. The van der Waals surface area contributed by atoms with E-state index in [2.05, 4.69) is 15.4 Å². The van der Waals surface area contributed by atoms with Crippen LogP contribution < -0.4 is 14.8 Å². The minimum Gasteiger partial charge on any atom is -0.493 e. The van der Waals surface area contributed by atoms with E-state index < -0.39 is 0 Å². The molecule has 30 heavy (non-hydrogen) atoms. The molecule has 0 aliphatic heterocycles. The summed E-state index contributed by atoms with van der Waals surface area (Å²) < 4.78 is 12.4. The quantitative estimate of drug-likeness (QED) is 0.466. The molecular weight excluding hydrogens is 424 g/mol. The number of ether oxygens (including phenoxy) is 2. The van der Waals surface area contributed by atoms with E-state index in [9.17, 15) is 4.79 Å². The van der Waals surface area contributed by atoms with Crippen LogP contribution in [0.15, 0.2) is 47.8 Å². The summed E-state index contributed by atoms with van der Waals surface area (Å²) in [6.45, 7) is 0.446. The standard InChI is InChI=1S/C21H19ClN4O3S/c1-28-17-5-3-4-16(18(17)29-2)20(27)23-11-10-15-12-30-21-24-19(25-26(15)21)13-6-8-14(22)9-7-13/h3-9,12H,10-11H2,1-2H3,(H,23,27). The summed E-state index contributed by atoms with van der Waals surface area (Å²) >= 11 is 7.46. The summed E-state index contributed by atoms with van der Waals surface area (Å²) in [6.07, 6.45) is 0.613. The van der Waals surface area contributed by atoms with Gasteiger partial charge in [-0.05, 0) is 36.4 Å². The SMILES string of the molecule is COc1cccc(C(=O)NCCc2csc3nc(-c4ccc(Cl)cc4)nn23)c1OC. The van der Waals surface area contributed by atoms with E-state index >= 15 is 0 Å². The largest absolute Gasteiger partial charge is 0.493 e. The van der Waals surface area contributed by atoms with Gasteiger partial charge in [-0.1, -0.05) is 17.7 Å². The number of hydrogen-bond donors (Lipinski definition) is 1. The van der Waals surface area contributed by atoms with Gasteiger partial charge >= 0.3 is 0 Å². The van der Waals surface area contributed by atoms with Crippen molar-refractivity contribution >= 4 is 33.8 Å². The Bertz CT molecular complexity index is 1190. The average molecular weight is 443 g/mol. The highest BCUT2D eigenvalue weighted by Gasteiger charge is 2.17. The third kappa shape index (κ3) is 3.96. The minimum absolute atomic E-state index is 0.224. The number of carbonyl (C=O) groups excluding carboxylic acids is 1. The summed E-state index contributed by atoms with van der Waals surface area (Å²) in [5.74, 6) is 1.35. The Hall–Kier alpha value is -3.10. The van der Waals surface area contributed by atoms with Crippen molar-refractivity contribution in [2.24, 2.45) is 0 Å². The van der Waals surface area contributed by atoms with Crippen LogP contribution in [0.5, 0.6) is 11.5 Å². The molecule has 0 saturated heterocycles. The number of para-hydroxylation sites is 1. The lowest BCUT2D eigenvalue weighted by molar-refractivity contribution is 0.0950. The van der Waals surface area contributed by atoms with E-state index in [0.717, 1.165) is 16.2 Å². The molecule has 4 aromatic rings. The number of halogens is 1. The van der Waals surface area contributed by atoms with Gasteiger partial charge in [0, 0.05) is 28.9 Å². The first-order valence-electron chi connectivity index (χ1n) is 9.19. The molecule has 2 aromatic heterocycles. The second-order valence-electron chi connectivity index (χ2n) is 6.41. The maximum atomic E-state index is 12.6. The topological polar surface area (TPSA) is 77.8 Å². The van der Waals surface area contributed by atoms with Gasteiger partial charge in [0.05, 0.1) is 25.5 Å². The summed E-state index contributed by atoms with van der Waals surface area (Å²) in [5, 5.41) is 10.2. The molecule has 0 fully saturated rings. The molecule has 154 valence electrons. The zero-order valence-corrected chi connectivity index (χ0v) is 18.0. The smallest absolute Gasteiger partial charge is 0.255 e. The van der Waals surface area contributed by atoms with E-state index in [-0.39, 0.29) is 5.91 Å². The lowest BCUT2D eigenvalue weighted by Crippen LogP contribution is -2.26. The van der Waals surface area contributed by atoms with Gasteiger partial charge in [0.25, 0.3) is 5.91 Å². The third-order valence-electron chi connectivity index (χ3n) is 4.57. The zero-order chi connectivity index (χ0) is 21.1. The molecule has 0 atom stereocenters. The van der Waals surface area contributed by atoms with Crippen LogP contribution in [0, 0.1) is 0 Å². The predicted octanol–water partition coefficient (Wildman–Crippen LogP) is 4.10. The molecule has 0 radical (unpaired) electrons.